The summed E-state index contributed by atoms with van der Waals surface area (Å²) in [6.07, 6.45) is 2.28. The van der Waals surface area contributed by atoms with Gasteiger partial charge >= 0.3 is 0 Å². The molecule has 0 spiro atoms. The van der Waals surface area contributed by atoms with Gasteiger partial charge in [-0.3, -0.25) is 9.59 Å². The Morgan fingerprint density at radius 1 is 1.04 bits per heavy atom. The average molecular weight is 360 g/mol. The van der Waals surface area contributed by atoms with E-state index in [1.165, 1.54) is 6.26 Å². The van der Waals surface area contributed by atoms with Crippen molar-refractivity contribution in [3.8, 4) is 0 Å². The molecule has 27 heavy (non-hydrogen) atoms. The first-order valence-electron chi connectivity index (χ1n) is 8.90. The summed E-state index contributed by atoms with van der Waals surface area (Å²) < 4.78 is 5.24. The highest BCUT2D eigenvalue weighted by molar-refractivity contribution is 6.07. The fourth-order valence-corrected chi connectivity index (χ4v) is 3.29. The minimum atomic E-state index is -0.170. The number of aryl methyl sites for hydroxylation is 2. The number of hydrogen-bond acceptors (Lipinski definition) is 3. The predicted molar refractivity (Wildman–Crippen MR) is 104 cm³/mol. The first kappa shape index (κ1) is 17.1. The van der Waals surface area contributed by atoms with E-state index in [0.29, 0.717) is 23.6 Å². The van der Waals surface area contributed by atoms with Crippen LogP contribution in [0.25, 0.3) is 0 Å². The standard InChI is InChI=1S/C22H20N2O3/c1-14-5-6-17(12-15(14)2)21(25)23-18-8-7-16-9-10-24(19(16)13-18)22(26)20-4-3-11-27-20/h3-8,11-13H,9-10H2,1-2H3,(H,23,25). The molecule has 2 heterocycles. The molecule has 5 heteroatoms. The van der Waals surface area contributed by atoms with E-state index in [1.807, 2.05) is 50.2 Å². The summed E-state index contributed by atoms with van der Waals surface area (Å²) in [5.41, 5.74) is 5.40. The topological polar surface area (TPSA) is 62.6 Å². The maximum Gasteiger partial charge on any atom is 0.293 e. The van der Waals surface area contributed by atoms with Gasteiger partial charge < -0.3 is 14.6 Å². The minimum Gasteiger partial charge on any atom is -0.459 e. The van der Waals surface area contributed by atoms with Crippen molar-refractivity contribution in [3.05, 3.63) is 82.8 Å². The number of carbonyl (C=O) groups is 2. The maximum absolute atomic E-state index is 12.6. The first-order chi connectivity index (χ1) is 13.0. The number of fused-ring (bicyclic) bond motifs is 1. The fraction of sp³-hybridized carbons (Fsp3) is 0.182. The van der Waals surface area contributed by atoms with Gasteiger partial charge in [-0.05, 0) is 73.4 Å². The van der Waals surface area contributed by atoms with Crippen molar-refractivity contribution in [1.29, 1.82) is 0 Å². The van der Waals surface area contributed by atoms with Gasteiger partial charge in [0.05, 0.1) is 6.26 Å². The highest BCUT2D eigenvalue weighted by Crippen LogP contribution is 2.32. The quantitative estimate of drug-likeness (QED) is 0.755. The van der Waals surface area contributed by atoms with Crippen LogP contribution in [-0.2, 0) is 6.42 Å². The van der Waals surface area contributed by atoms with Crippen molar-refractivity contribution in [1.82, 2.24) is 0 Å². The molecule has 2 aromatic carbocycles. The highest BCUT2D eigenvalue weighted by atomic mass is 16.3. The predicted octanol–water partition coefficient (Wildman–Crippen LogP) is 4.35. The second-order valence-corrected chi connectivity index (χ2v) is 6.78. The van der Waals surface area contributed by atoms with Crippen LogP contribution < -0.4 is 10.2 Å². The normalized spacial score (nSPS) is 12.7. The van der Waals surface area contributed by atoms with Crippen LogP contribution in [0, 0.1) is 13.8 Å². The van der Waals surface area contributed by atoms with Gasteiger partial charge in [0.25, 0.3) is 11.8 Å². The van der Waals surface area contributed by atoms with E-state index in [-0.39, 0.29) is 11.8 Å². The van der Waals surface area contributed by atoms with Crippen LogP contribution >= 0.6 is 0 Å². The molecule has 0 aliphatic carbocycles. The van der Waals surface area contributed by atoms with Crippen LogP contribution in [0.4, 0.5) is 11.4 Å². The molecule has 0 bridgehead atoms. The molecule has 136 valence electrons. The molecule has 1 aliphatic heterocycles. The summed E-state index contributed by atoms with van der Waals surface area (Å²) in [6, 6.07) is 14.7. The van der Waals surface area contributed by atoms with Crippen LogP contribution in [0.5, 0.6) is 0 Å². The number of furan rings is 1. The summed E-state index contributed by atoms with van der Waals surface area (Å²) in [6.45, 7) is 4.60. The zero-order valence-corrected chi connectivity index (χ0v) is 15.3. The summed E-state index contributed by atoms with van der Waals surface area (Å²) in [5.74, 6) is -0.0243. The molecule has 3 aromatic rings. The van der Waals surface area contributed by atoms with Gasteiger partial charge in [-0.1, -0.05) is 12.1 Å². The van der Waals surface area contributed by atoms with E-state index in [1.54, 1.807) is 17.0 Å². The molecule has 0 saturated heterocycles. The maximum atomic E-state index is 12.6. The third-order valence-corrected chi connectivity index (χ3v) is 4.98. The van der Waals surface area contributed by atoms with Crippen molar-refractivity contribution >= 4 is 23.2 Å². The van der Waals surface area contributed by atoms with Crippen molar-refractivity contribution in [2.75, 3.05) is 16.8 Å². The lowest BCUT2D eigenvalue weighted by Crippen LogP contribution is -2.28. The van der Waals surface area contributed by atoms with Crippen LogP contribution in [0.15, 0.2) is 59.2 Å². The third kappa shape index (κ3) is 3.24. The third-order valence-electron chi connectivity index (χ3n) is 4.98. The molecule has 2 amide bonds. The lowest BCUT2D eigenvalue weighted by molar-refractivity contribution is 0.0962. The molecule has 4 rings (SSSR count). The van der Waals surface area contributed by atoms with E-state index in [2.05, 4.69) is 5.32 Å². The molecule has 0 atom stereocenters. The molecule has 0 unspecified atom stereocenters. The van der Waals surface area contributed by atoms with Crippen molar-refractivity contribution < 1.29 is 14.0 Å². The minimum absolute atomic E-state index is 0.167. The Morgan fingerprint density at radius 2 is 1.89 bits per heavy atom. The van der Waals surface area contributed by atoms with E-state index < -0.39 is 0 Å². The van der Waals surface area contributed by atoms with Gasteiger partial charge in [-0.15, -0.1) is 0 Å². The smallest absolute Gasteiger partial charge is 0.293 e. The molecule has 0 saturated carbocycles. The number of hydrogen-bond donors (Lipinski definition) is 1. The summed E-state index contributed by atoms with van der Waals surface area (Å²) >= 11 is 0. The molecule has 1 aromatic heterocycles. The molecular weight excluding hydrogens is 340 g/mol. The van der Waals surface area contributed by atoms with E-state index in [4.69, 9.17) is 4.42 Å². The van der Waals surface area contributed by atoms with Gasteiger partial charge in [-0.2, -0.15) is 0 Å². The van der Waals surface area contributed by atoms with Crippen LogP contribution in [0.1, 0.15) is 37.6 Å². The van der Waals surface area contributed by atoms with E-state index >= 15 is 0 Å². The number of rotatable bonds is 3. The van der Waals surface area contributed by atoms with Gasteiger partial charge in [0.15, 0.2) is 5.76 Å². The summed E-state index contributed by atoms with van der Waals surface area (Å²) in [5, 5.41) is 2.93. The zero-order chi connectivity index (χ0) is 19.0. The van der Waals surface area contributed by atoms with E-state index in [9.17, 15) is 9.59 Å². The largest absolute Gasteiger partial charge is 0.459 e. The summed E-state index contributed by atoms with van der Waals surface area (Å²) in [7, 11) is 0. The Morgan fingerprint density at radius 3 is 2.63 bits per heavy atom. The lowest BCUT2D eigenvalue weighted by Gasteiger charge is -2.17. The lowest BCUT2D eigenvalue weighted by atomic mass is 10.1. The molecule has 0 fully saturated rings. The van der Waals surface area contributed by atoms with Gasteiger partial charge in [0.2, 0.25) is 0 Å². The van der Waals surface area contributed by atoms with E-state index in [0.717, 1.165) is 28.8 Å². The molecular formula is C22H20N2O3. The number of nitrogens with one attached hydrogen (secondary N) is 1. The average Bonchev–Trinajstić information content (AvgIpc) is 3.33. The first-order valence-corrected chi connectivity index (χ1v) is 8.90. The zero-order valence-electron chi connectivity index (χ0n) is 15.3. The van der Waals surface area contributed by atoms with Crippen molar-refractivity contribution in [2.45, 2.75) is 20.3 Å². The number of amides is 2. The Bertz CT molecular complexity index is 1020. The van der Waals surface area contributed by atoms with Crippen molar-refractivity contribution in [2.24, 2.45) is 0 Å². The van der Waals surface area contributed by atoms with Crippen molar-refractivity contribution in [3.63, 3.8) is 0 Å². The monoisotopic (exact) mass is 360 g/mol. The number of benzene rings is 2. The second-order valence-electron chi connectivity index (χ2n) is 6.78. The van der Waals surface area contributed by atoms with Crippen LogP contribution in [0.3, 0.4) is 0 Å². The molecule has 5 nitrogen and oxygen atoms in total. The number of nitrogens with zero attached hydrogens (tertiary/aromatic N) is 1. The Labute approximate surface area is 157 Å². The van der Waals surface area contributed by atoms with Crippen LogP contribution in [0.2, 0.25) is 0 Å². The Hall–Kier alpha value is -3.34. The van der Waals surface area contributed by atoms with Gasteiger partial charge in [-0.25, -0.2) is 0 Å². The second kappa shape index (κ2) is 6.76. The fourth-order valence-electron chi connectivity index (χ4n) is 3.29. The Balaban J connectivity index is 1.57. The molecule has 0 radical (unpaired) electrons. The van der Waals surface area contributed by atoms with Gasteiger partial charge in [0, 0.05) is 23.5 Å². The number of carbonyl (C=O) groups excluding carboxylic acids is 2. The molecule has 1 N–H and O–H groups in total. The molecule has 1 aliphatic rings. The SMILES string of the molecule is Cc1ccc(C(=O)Nc2ccc3c(c2)N(C(=O)c2ccco2)CC3)cc1C. The Kier molecular flexibility index (Phi) is 4.28. The number of anilines is 2. The van der Waals surface area contributed by atoms with Crippen LogP contribution in [-0.4, -0.2) is 18.4 Å². The summed E-state index contributed by atoms with van der Waals surface area (Å²) in [4.78, 5) is 26.9. The highest BCUT2D eigenvalue weighted by Gasteiger charge is 2.27. The van der Waals surface area contributed by atoms with Gasteiger partial charge in [0.1, 0.15) is 0 Å².